The van der Waals surface area contributed by atoms with Gasteiger partial charge in [-0.05, 0) is 18.9 Å². The van der Waals surface area contributed by atoms with E-state index in [1.165, 1.54) is 12.8 Å². The maximum Gasteiger partial charge on any atom is 0.326 e. The summed E-state index contributed by atoms with van der Waals surface area (Å²) >= 11 is 0. The molecule has 1 aromatic rings. The summed E-state index contributed by atoms with van der Waals surface area (Å²) in [4.78, 5) is 12.0. The van der Waals surface area contributed by atoms with E-state index in [-0.39, 0.29) is 18.4 Å². The lowest BCUT2D eigenvalue weighted by molar-refractivity contribution is -0.149. The molecule has 3 nitrogen and oxygen atoms in total. The molecule has 0 radical (unpaired) electrons. The largest absolute Gasteiger partial charge is 0.464 e. The second kappa shape index (κ2) is 9.78. The Morgan fingerprint density at radius 3 is 2.45 bits per heavy atom. The van der Waals surface area contributed by atoms with Crippen molar-refractivity contribution in [3.8, 4) is 0 Å². The first-order chi connectivity index (χ1) is 9.06. The van der Waals surface area contributed by atoms with Crippen LogP contribution in [0.3, 0.4) is 0 Å². The molecule has 0 bridgehead atoms. The summed E-state index contributed by atoms with van der Waals surface area (Å²) in [5.74, 6) is -0.312. The molecule has 0 aromatic heterocycles. The van der Waals surface area contributed by atoms with Crippen LogP contribution in [0.4, 0.5) is 0 Å². The first-order valence-electron chi connectivity index (χ1n) is 7.06. The first kappa shape index (κ1) is 18.9. The highest BCUT2D eigenvalue weighted by Gasteiger charge is 2.30. The number of unbranched alkanes of at least 4 members (excludes halogenated alkanes) is 3. The predicted octanol–water partition coefficient (Wildman–Crippen LogP) is 3.49. The van der Waals surface area contributed by atoms with Crippen molar-refractivity contribution in [2.75, 3.05) is 6.61 Å². The van der Waals surface area contributed by atoms with Crippen LogP contribution in [0, 0.1) is 0 Å². The van der Waals surface area contributed by atoms with Crippen LogP contribution in [0.15, 0.2) is 30.3 Å². The van der Waals surface area contributed by atoms with E-state index in [0.717, 1.165) is 18.4 Å². The van der Waals surface area contributed by atoms with Crippen LogP contribution in [0.1, 0.15) is 45.1 Å². The molecule has 1 rings (SSSR count). The minimum absolute atomic E-state index is 0. The first-order valence-corrected chi connectivity index (χ1v) is 7.06. The van der Waals surface area contributed by atoms with Crippen molar-refractivity contribution >= 4 is 18.4 Å². The Balaban J connectivity index is 0.00000361. The van der Waals surface area contributed by atoms with Gasteiger partial charge in [0, 0.05) is 6.42 Å². The summed E-state index contributed by atoms with van der Waals surface area (Å²) in [6.07, 6.45) is 4.88. The summed E-state index contributed by atoms with van der Waals surface area (Å²) in [6, 6.07) is 9.78. The maximum atomic E-state index is 12.0. The van der Waals surface area contributed by atoms with Crippen molar-refractivity contribution in [1.82, 2.24) is 0 Å². The fourth-order valence-corrected chi connectivity index (χ4v) is 1.95. The molecule has 0 saturated carbocycles. The summed E-state index contributed by atoms with van der Waals surface area (Å²) in [7, 11) is 0. The number of nitrogens with two attached hydrogens (primary N) is 1. The van der Waals surface area contributed by atoms with Gasteiger partial charge in [-0.3, -0.25) is 4.79 Å². The van der Waals surface area contributed by atoms with Crippen molar-refractivity contribution < 1.29 is 9.53 Å². The van der Waals surface area contributed by atoms with Gasteiger partial charge in [0.25, 0.3) is 0 Å². The minimum atomic E-state index is -0.952. The van der Waals surface area contributed by atoms with Crippen LogP contribution < -0.4 is 5.73 Å². The molecule has 0 saturated heterocycles. The summed E-state index contributed by atoms with van der Waals surface area (Å²) in [6.45, 7) is 4.36. The van der Waals surface area contributed by atoms with Crippen LogP contribution >= 0.6 is 12.4 Å². The Labute approximate surface area is 128 Å². The van der Waals surface area contributed by atoms with Crippen molar-refractivity contribution in [2.24, 2.45) is 5.73 Å². The number of hydrogen-bond donors (Lipinski definition) is 1. The maximum absolute atomic E-state index is 12.0. The van der Waals surface area contributed by atoms with Gasteiger partial charge in [0.2, 0.25) is 0 Å². The summed E-state index contributed by atoms with van der Waals surface area (Å²) in [5.41, 5.74) is 6.16. The van der Waals surface area contributed by atoms with E-state index in [4.69, 9.17) is 10.5 Å². The van der Waals surface area contributed by atoms with Crippen molar-refractivity contribution in [3.63, 3.8) is 0 Å². The van der Waals surface area contributed by atoms with Gasteiger partial charge >= 0.3 is 5.97 Å². The molecule has 0 heterocycles. The fraction of sp³-hybridized carbons (Fsp3) is 0.562. The zero-order valence-corrected chi connectivity index (χ0v) is 13.2. The SMILES string of the molecule is CCCCCCOC(=O)[C@@](C)(N)Cc1ccccc1.Cl. The third kappa shape index (κ3) is 6.92. The lowest BCUT2D eigenvalue weighted by Gasteiger charge is -2.22. The lowest BCUT2D eigenvalue weighted by atomic mass is 9.94. The minimum Gasteiger partial charge on any atom is -0.464 e. The van der Waals surface area contributed by atoms with E-state index in [9.17, 15) is 4.79 Å². The molecule has 0 fully saturated rings. The van der Waals surface area contributed by atoms with Crippen LogP contribution in [0.25, 0.3) is 0 Å². The lowest BCUT2D eigenvalue weighted by Crippen LogP contribution is -2.48. The van der Waals surface area contributed by atoms with E-state index in [2.05, 4.69) is 6.92 Å². The average Bonchev–Trinajstić information content (AvgIpc) is 2.39. The van der Waals surface area contributed by atoms with E-state index in [1.54, 1.807) is 6.92 Å². The number of carbonyl (C=O) groups is 1. The molecule has 20 heavy (non-hydrogen) atoms. The molecule has 0 aliphatic heterocycles. The summed E-state index contributed by atoms with van der Waals surface area (Å²) < 4.78 is 5.26. The summed E-state index contributed by atoms with van der Waals surface area (Å²) in [5, 5.41) is 0. The second-order valence-electron chi connectivity index (χ2n) is 5.28. The van der Waals surface area contributed by atoms with Gasteiger partial charge in [-0.15, -0.1) is 12.4 Å². The zero-order valence-electron chi connectivity index (χ0n) is 12.4. The highest BCUT2D eigenvalue weighted by Crippen LogP contribution is 2.13. The Morgan fingerprint density at radius 2 is 1.85 bits per heavy atom. The van der Waals surface area contributed by atoms with Gasteiger partial charge < -0.3 is 10.5 Å². The Kier molecular flexibility index (Phi) is 9.26. The zero-order chi connectivity index (χ0) is 14.1. The number of carbonyl (C=O) groups excluding carboxylic acids is 1. The van der Waals surface area contributed by atoms with Crippen LogP contribution in [-0.4, -0.2) is 18.1 Å². The Morgan fingerprint density at radius 1 is 1.20 bits per heavy atom. The van der Waals surface area contributed by atoms with E-state index in [0.29, 0.717) is 13.0 Å². The van der Waals surface area contributed by atoms with Crippen LogP contribution in [-0.2, 0) is 16.0 Å². The topological polar surface area (TPSA) is 52.3 Å². The molecule has 0 unspecified atom stereocenters. The van der Waals surface area contributed by atoms with Crippen LogP contribution in [0.5, 0.6) is 0 Å². The Hall–Kier alpha value is -1.06. The second-order valence-corrected chi connectivity index (χ2v) is 5.28. The predicted molar refractivity (Wildman–Crippen MR) is 85.1 cm³/mol. The number of rotatable bonds is 8. The monoisotopic (exact) mass is 299 g/mol. The smallest absolute Gasteiger partial charge is 0.326 e. The highest BCUT2D eigenvalue weighted by atomic mass is 35.5. The molecule has 4 heteroatoms. The third-order valence-corrected chi connectivity index (χ3v) is 3.11. The number of halogens is 1. The number of ether oxygens (including phenoxy) is 1. The van der Waals surface area contributed by atoms with Crippen molar-refractivity contribution in [2.45, 2.75) is 51.5 Å². The van der Waals surface area contributed by atoms with E-state index in [1.807, 2.05) is 30.3 Å². The molecule has 0 amide bonds. The molecule has 2 N–H and O–H groups in total. The molecule has 1 aromatic carbocycles. The fourth-order valence-electron chi connectivity index (χ4n) is 1.95. The van der Waals surface area contributed by atoms with Crippen molar-refractivity contribution in [1.29, 1.82) is 0 Å². The Bertz CT molecular complexity index is 379. The number of benzene rings is 1. The molecular formula is C16H26ClNO2. The molecule has 0 aliphatic carbocycles. The molecule has 0 aliphatic rings. The van der Waals surface area contributed by atoms with Crippen molar-refractivity contribution in [3.05, 3.63) is 35.9 Å². The number of hydrogen-bond acceptors (Lipinski definition) is 3. The van der Waals surface area contributed by atoms with Gasteiger partial charge in [0.1, 0.15) is 5.54 Å². The normalized spacial score (nSPS) is 13.2. The van der Waals surface area contributed by atoms with E-state index >= 15 is 0 Å². The van der Waals surface area contributed by atoms with Gasteiger partial charge in [0.05, 0.1) is 6.61 Å². The highest BCUT2D eigenvalue weighted by molar-refractivity contribution is 5.85. The molecule has 114 valence electrons. The van der Waals surface area contributed by atoms with Gasteiger partial charge in [-0.25, -0.2) is 0 Å². The quantitative estimate of drug-likeness (QED) is 0.590. The van der Waals surface area contributed by atoms with Crippen LogP contribution in [0.2, 0.25) is 0 Å². The average molecular weight is 300 g/mol. The number of esters is 1. The van der Waals surface area contributed by atoms with Gasteiger partial charge in [-0.2, -0.15) is 0 Å². The standard InChI is InChI=1S/C16H25NO2.ClH/c1-3-4-5-9-12-19-15(18)16(2,17)13-14-10-7-6-8-11-14;/h6-8,10-11H,3-5,9,12-13,17H2,1-2H3;1H/t16-;/m0./s1. The van der Waals surface area contributed by atoms with E-state index < -0.39 is 5.54 Å². The molecular weight excluding hydrogens is 274 g/mol. The third-order valence-electron chi connectivity index (χ3n) is 3.11. The van der Waals surface area contributed by atoms with Gasteiger partial charge in [-0.1, -0.05) is 56.5 Å². The van der Waals surface area contributed by atoms with Gasteiger partial charge in [0.15, 0.2) is 0 Å². The molecule has 0 spiro atoms. The molecule has 1 atom stereocenters.